The summed E-state index contributed by atoms with van der Waals surface area (Å²) in [5, 5.41) is 21.1. The molecule has 2 saturated heterocycles. The molecule has 0 aromatic carbocycles. The molecule has 1 unspecified atom stereocenters. The first-order valence-electron chi connectivity index (χ1n) is 6.11. The summed E-state index contributed by atoms with van der Waals surface area (Å²) < 4.78 is 5.19. The molecule has 18 heavy (non-hydrogen) atoms. The highest BCUT2D eigenvalue weighted by atomic mass is 16.5. The van der Waals surface area contributed by atoms with Gasteiger partial charge in [-0.15, -0.1) is 0 Å². The Morgan fingerprint density at radius 3 is 2.83 bits per heavy atom. The molecular formula is C11H18N2O5. The lowest BCUT2D eigenvalue weighted by molar-refractivity contribution is -0.141. The summed E-state index contributed by atoms with van der Waals surface area (Å²) in [5.74, 6) is -0.782. The summed E-state index contributed by atoms with van der Waals surface area (Å²) in [4.78, 5) is 24.0. The number of hydrogen-bond donors (Lipinski definition) is 3. The Hall–Kier alpha value is -1.34. The Morgan fingerprint density at radius 2 is 2.22 bits per heavy atom. The average molecular weight is 258 g/mol. The van der Waals surface area contributed by atoms with Gasteiger partial charge < -0.3 is 25.2 Å². The molecule has 2 aliphatic heterocycles. The van der Waals surface area contributed by atoms with Crippen LogP contribution in [0.4, 0.5) is 4.79 Å². The first-order chi connectivity index (χ1) is 8.58. The number of aliphatic carboxylic acids is 1. The molecule has 0 spiro atoms. The number of β-amino-alcohol motifs (C(OH)–C–C–N with tert-alkyl or cyclic N) is 1. The SMILES string of the molecule is O=C(O)[C@H]1C[C@@H](O)CN1C(=O)NCC1CCOC1. The number of rotatable bonds is 3. The van der Waals surface area contributed by atoms with Gasteiger partial charge in [-0.1, -0.05) is 0 Å². The third-order valence-electron chi connectivity index (χ3n) is 3.39. The van der Waals surface area contributed by atoms with Crippen molar-refractivity contribution in [3.05, 3.63) is 0 Å². The van der Waals surface area contributed by atoms with E-state index in [1.165, 1.54) is 4.90 Å². The van der Waals surface area contributed by atoms with Crippen LogP contribution < -0.4 is 5.32 Å². The number of carboxylic acid groups (broad SMARTS) is 1. The van der Waals surface area contributed by atoms with Crippen molar-refractivity contribution in [1.29, 1.82) is 0 Å². The first kappa shape index (κ1) is 13.1. The van der Waals surface area contributed by atoms with Crippen LogP contribution in [0.2, 0.25) is 0 Å². The van der Waals surface area contributed by atoms with Gasteiger partial charge >= 0.3 is 12.0 Å². The van der Waals surface area contributed by atoms with Crippen molar-refractivity contribution in [1.82, 2.24) is 10.2 Å². The van der Waals surface area contributed by atoms with Crippen molar-refractivity contribution >= 4 is 12.0 Å². The van der Waals surface area contributed by atoms with Gasteiger partial charge in [-0.2, -0.15) is 0 Å². The van der Waals surface area contributed by atoms with E-state index in [1.807, 2.05) is 0 Å². The molecule has 2 aliphatic rings. The fourth-order valence-electron chi connectivity index (χ4n) is 2.35. The number of ether oxygens (including phenoxy) is 1. The van der Waals surface area contributed by atoms with Gasteiger partial charge in [0.2, 0.25) is 0 Å². The van der Waals surface area contributed by atoms with E-state index in [-0.39, 0.29) is 13.0 Å². The largest absolute Gasteiger partial charge is 0.480 e. The van der Waals surface area contributed by atoms with E-state index in [4.69, 9.17) is 9.84 Å². The van der Waals surface area contributed by atoms with Crippen molar-refractivity contribution in [2.75, 3.05) is 26.3 Å². The van der Waals surface area contributed by atoms with Gasteiger partial charge in [0.1, 0.15) is 6.04 Å². The molecule has 2 heterocycles. The number of carbonyl (C=O) groups excluding carboxylic acids is 1. The minimum absolute atomic E-state index is 0.0734. The van der Waals surface area contributed by atoms with E-state index in [0.29, 0.717) is 25.7 Å². The van der Waals surface area contributed by atoms with Crippen LogP contribution in [-0.4, -0.2) is 65.6 Å². The number of aliphatic hydroxyl groups is 1. The highest BCUT2D eigenvalue weighted by Crippen LogP contribution is 2.18. The fraction of sp³-hybridized carbons (Fsp3) is 0.818. The standard InChI is InChI=1S/C11H18N2O5/c14-8-3-9(10(15)16)13(5-8)11(17)12-4-7-1-2-18-6-7/h7-9,14H,1-6H2,(H,12,17)(H,15,16)/t7?,8-,9-/m1/s1. The summed E-state index contributed by atoms with van der Waals surface area (Å²) in [6.07, 6.45) is 0.243. The van der Waals surface area contributed by atoms with Crippen LogP contribution in [0.5, 0.6) is 0 Å². The van der Waals surface area contributed by atoms with Crippen molar-refractivity contribution in [2.45, 2.75) is 25.0 Å². The van der Waals surface area contributed by atoms with Gasteiger partial charge in [-0.3, -0.25) is 0 Å². The van der Waals surface area contributed by atoms with Gasteiger partial charge in [0.05, 0.1) is 12.7 Å². The Balaban J connectivity index is 1.85. The number of nitrogens with zero attached hydrogens (tertiary/aromatic N) is 1. The molecule has 2 fully saturated rings. The van der Waals surface area contributed by atoms with Crippen LogP contribution in [0.15, 0.2) is 0 Å². The average Bonchev–Trinajstić information content (AvgIpc) is 2.94. The van der Waals surface area contributed by atoms with E-state index in [2.05, 4.69) is 5.32 Å². The third kappa shape index (κ3) is 2.91. The minimum atomic E-state index is -1.08. The highest BCUT2D eigenvalue weighted by molar-refractivity contribution is 5.83. The van der Waals surface area contributed by atoms with Crippen molar-refractivity contribution in [3.63, 3.8) is 0 Å². The number of carbonyl (C=O) groups is 2. The second-order valence-electron chi connectivity index (χ2n) is 4.81. The van der Waals surface area contributed by atoms with E-state index in [1.54, 1.807) is 0 Å². The molecule has 7 nitrogen and oxygen atoms in total. The summed E-state index contributed by atoms with van der Waals surface area (Å²) in [6, 6.07) is -1.36. The van der Waals surface area contributed by atoms with Crippen molar-refractivity contribution in [2.24, 2.45) is 5.92 Å². The number of nitrogens with one attached hydrogen (secondary N) is 1. The van der Waals surface area contributed by atoms with Crippen LogP contribution in [0.25, 0.3) is 0 Å². The summed E-state index contributed by atoms with van der Waals surface area (Å²) in [5.41, 5.74) is 0. The normalized spacial score (nSPS) is 31.6. The van der Waals surface area contributed by atoms with E-state index < -0.39 is 24.1 Å². The molecule has 3 N–H and O–H groups in total. The molecule has 0 saturated carbocycles. The number of hydrogen-bond acceptors (Lipinski definition) is 4. The second-order valence-corrected chi connectivity index (χ2v) is 4.81. The van der Waals surface area contributed by atoms with Gasteiger partial charge in [0.25, 0.3) is 0 Å². The molecule has 3 atom stereocenters. The summed E-state index contributed by atoms with van der Waals surface area (Å²) in [7, 11) is 0. The summed E-state index contributed by atoms with van der Waals surface area (Å²) >= 11 is 0. The van der Waals surface area contributed by atoms with E-state index in [0.717, 1.165) is 6.42 Å². The van der Waals surface area contributed by atoms with E-state index >= 15 is 0 Å². The summed E-state index contributed by atoms with van der Waals surface area (Å²) in [6.45, 7) is 1.90. The van der Waals surface area contributed by atoms with Crippen LogP contribution in [0, 0.1) is 5.92 Å². The van der Waals surface area contributed by atoms with Gasteiger partial charge in [-0.05, 0) is 6.42 Å². The molecular weight excluding hydrogens is 240 g/mol. The first-order valence-corrected chi connectivity index (χ1v) is 6.11. The predicted molar refractivity (Wildman–Crippen MR) is 61.1 cm³/mol. The number of carboxylic acids is 1. The number of amides is 2. The smallest absolute Gasteiger partial charge is 0.326 e. The Labute approximate surface area is 105 Å². The maximum atomic E-state index is 11.9. The Morgan fingerprint density at radius 1 is 1.44 bits per heavy atom. The molecule has 0 aliphatic carbocycles. The zero-order chi connectivity index (χ0) is 13.1. The maximum Gasteiger partial charge on any atom is 0.326 e. The molecule has 0 aromatic heterocycles. The molecule has 7 heteroatoms. The predicted octanol–water partition coefficient (Wildman–Crippen LogP) is -0.748. The Kier molecular flexibility index (Phi) is 4.03. The lowest BCUT2D eigenvalue weighted by Gasteiger charge is -2.22. The molecule has 102 valence electrons. The third-order valence-corrected chi connectivity index (χ3v) is 3.39. The number of likely N-dealkylation sites (tertiary alicyclic amines) is 1. The van der Waals surface area contributed by atoms with Crippen molar-refractivity contribution in [3.8, 4) is 0 Å². The van der Waals surface area contributed by atoms with Crippen molar-refractivity contribution < 1.29 is 24.5 Å². The minimum Gasteiger partial charge on any atom is -0.480 e. The highest BCUT2D eigenvalue weighted by Gasteiger charge is 2.39. The molecule has 2 amide bonds. The quantitative estimate of drug-likeness (QED) is 0.618. The van der Waals surface area contributed by atoms with Crippen LogP contribution in [0.1, 0.15) is 12.8 Å². The van der Waals surface area contributed by atoms with E-state index in [9.17, 15) is 14.7 Å². The molecule has 0 bridgehead atoms. The monoisotopic (exact) mass is 258 g/mol. The second kappa shape index (κ2) is 5.53. The number of urea groups is 1. The lowest BCUT2D eigenvalue weighted by Crippen LogP contribution is -2.47. The number of aliphatic hydroxyl groups excluding tert-OH is 1. The zero-order valence-electron chi connectivity index (χ0n) is 10.0. The van der Waals surface area contributed by atoms with Gasteiger partial charge in [0.15, 0.2) is 0 Å². The van der Waals surface area contributed by atoms with Crippen LogP contribution in [-0.2, 0) is 9.53 Å². The Bertz CT molecular complexity index is 329. The topological polar surface area (TPSA) is 99.1 Å². The molecule has 2 rings (SSSR count). The van der Waals surface area contributed by atoms with Crippen LogP contribution >= 0.6 is 0 Å². The van der Waals surface area contributed by atoms with Gasteiger partial charge in [0, 0.05) is 32.0 Å². The lowest BCUT2D eigenvalue weighted by atomic mass is 10.1. The molecule has 0 radical (unpaired) electrons. The zero-order valence-corrected chi connectivity index (χ0v) is 10.0. The van der Waals surface area contributed by atoms with Gasteiger partial charge in [-0.25, -0.2) is 9.59 Å². The maximum absolute atomic E-state index is 11.9. The fourth-order valence-corrected chi connectivity index (χ4v) is 2.35. The van der Waals surface area contributed by atoms with Crippen LogP contribution in [0.3, 0.4) is 0 Å². The molecule has 0 aromatic rings.